The van der Waals surface area contributed by atoms with Gasteiger partial charge in [0.05, 0.1) is 0 Å². The molecule has 0 unspecified atom stereocenters. The molecule has 0 aliphatic heterocycles. The van der Waals surface area contributed by atoms with Gasteiger partial charge >= 0.3 is 0 Å². The van der Waals surface area contributed by atoms with Gasteiger partial charge in [0.1, 0.15) is 0 Å². The quantitative estimate of drug-likeness (QED) is 0.576. The zero-order valence-corrected chi connectivity index (χ0v) is 5.69. The van der Waals surface area contributed by atoms with Gasteiger partial charge in [-0.15, -0.1) is 0 Å². The van der Waals surface area contributed by atoms with Crippen molar-refractivity contribution in [3.8, 4) is 0 Å². The second-order valence-electron chi connectivity index (χ2n) is 1.84. The largest absolute Gasteiger partial charge is 0.366 e. The van der Waals surface area contributed by atoms with Crippen molar-refractivity contribution >= 4 is 0 Å². The van der Waals surface area contributed by atoms with Crippen LogP contribution in [0.25, 0.3) is 0 Å². The summed E-state index contributed by atoms with van der Waals surface area (Å²) in [5, 5.41) is 2.89. The first-order chi connectivity index (χ1) is 4.31. The second-order valence-corrected chi connectivity index (χ2v) is 1.84. The molecule has 0 amide bonds. The standard InChI is InChI=1S/C7H14N2/c1-3-9-7(2)5-4-6-8/h3,9H,1-2,4-6,8H2. The lowest BCUT2D eigenvalue weighted by Gasteiger charge is -2.01. The highest BCUT2D eigenvalue weighted by molar-refractivity contribution is 4.94. The van der Waals surface area contributed by atoms with Gasteiger partial charge in [0.15, 0.2) is 0 Å². The first-order valence-corrected chi connectivity index (χ1v) is 3.06. The molecule has 0 aromatic rings. The minimum Gasteiger partial charge on any atom is -0.366 e. The molecule has 2 nitrogen and oxygen atoms in total. The summed E-state index contributed by atoms with van der Waals surface area (Å²) in [6.45, 7) is 7.97. The van der Waals surface area contributed by atoms with Crippen molar-refractivity contribution in [2.45, 2.75) is 12.8 Å². The van der Waals surface area contributed by atoms with Crippen LogP contribution in [0.3, 0.4) is 0 Å². The van der Waals surface area contributed by atoms with Crippen molar-refractivity contribution in [3.05, 3.63) is 25.1 Å². The molecule has 0 rings (SSSR count). The highest BCUT2D eigenvalue weighted by atomic mass is 14.8. The van der Waals surface area contributed by atoms with Gasteiger partial charge in [-0.05, 0) is 25.6 Å². The van der Waals surface area contributed by atoms with E-state index >= 15 is 0 Å². The molecule has 0 saturated carbocycles. The van der Waals surface area contributed by atoms with Crippen molar-refractivity contribution in [2.75, 3.05) is 6.54 Å². The summed E-state index contributed by atoms with van der Waals surface area (Å²) < 4.78 is 0. The molecule has 0 fully saturated rings. The Hall–Kier alpha value is -0.760. The molecule has 0 aliphatic rings. The summed E-state index contributed by atoms with van der Waals surface area (Å²) in [5.74, 6) is 0. The number of nitrogens with two attached hydrogens (primary N) is 1. The molecule has 9 heavy (non-hydrogen) atoms. The number of rotatable bonds is 5. The molecule has 0 aliphatic carbocycles. The van der Waals surface area contributed by atoms with Crippen LogP contribution in [0, 0.1) is 0 Å². The summed E-state index contributed by atoms with van der Waals surface area (Å²) >= 11 is 0. The minimum atomic E-state index is 0.720. The smallest absolute Gasteiger partial charge is 0.00736 e. The van der Waals surface area contributed by atoms with Gasteiger partial charge in [0.25, 0.3) is 0 Å². The van der Waals surface area contributed by atoms with E-state index in [1.807, 2.05) is 0 Å². The van der Waals surface area contributed by atoms with Gasteiger partial charge in [-0.2, -0.15) is 0 Å². The first kappa shape index (κ1) is 8.24. The summed E-state index contributed by atoms with van der Waals surface area (Å²) in [6, 6.07) is 0. The fourth-order valence-electron chi connectivity index (χ4n) is 0.532. The van der Waals surface area contributed by atoms with Crippen molar-refractivity contribution in [2.24, 2.45) is 5.73 Å². The zero-order valence-electron chi connectivity index (χ0n) is 5.69. The summed E-state index contributed by atoms with van der Waals surface area (Å²) in [5.41, 5.74) is 6.26. The Bertz CT molecular complexity index is 97.1. The van der Waals surface area contributed by atoms with Crippen molar-refractivity contribution in [1.82, 2.24) is 5.32 Å². The highest BCUT2D eigenvalue weighted by Gasteiger charge is 1.86. The van der Waals surface area contributed by atoms with Crippen LogP contribution in [0.2, 0.25) is 0 Å². The third-order valence-corrected chi connectivity index (χ3v) is 0.989. The first-order valence-electron chi connectivity index (χ1n) is 3.06. The molecule has 52 valence electrons. The molecule has 0 aromatic heterocycles. The Labute approximate surface area is 56.4 Å². The molecule has 0 heterocycles. The summed E-state index contributed by atoms with van der Waals surface area (Å²) in [4.78, 5) is 0. The van der Waals surface area contributed by atoms with Crippen molar-refractivity contribution < 1.29 is 0 Å². The maximum absolute atomic E-state index is 5.28. The van der Waals surface area contributed by atoms with E-state index in [0.717, 1.165) is 25.1 Å². The predicted octanol–water partition coefficient (Wildman–Crippen LogP) is 0.972. The monoisotopic (exact) mass is 126 g/mol. The van der Waals surface area contributed by atoms with Gasteiger partial charge in [-0.3, -0.25) is 0 Å². The highest BCUT2D eigenvalue weighted by Crippen LogP contribution is 1.95. The van der Waals surface area contributed by atoms with E-state index < -0.39 is 0 Å². The minimum absolute atomic E-state index is 0.720. The molecular weight excluding hydrogens is 112 g/mol. The lowest BCUT2D eigenvalue weighted by Crippen LogP contribution is -2.05. The van der Waals surface area contributed by atoms with E-state index in [-0.39, 0.29) is 0 Å². The SMILES string of the molecule is C=CNC(=C)CCCN. The Morgan fingerprint density at radius 2 is 2.33 bits per heavy atom. The Kier molecular flexibility index (Phi) is 4.92. The van der Waals surface area contributed by atoms with Gasteiger partial charge < -0.3 is 11.1 Å². The maximum Gasteiger partial charge on any atom is 0.00736 e. The Morgan fingerprint density at radius 3 is 2.78 bits per heavy atom. The number of nitrogens with one attached hydrogen (secondary N) is 1. The van der Waals surface area contributed by atoms with Crippen LogP contribution >= 0.6 is 0 Å². The topological polar surface area (TPSA) is 38.0 Å². The number of hydrogen-bond donors (Lipinski definition) is 2. The van der Waals surface area contributed by atoms with Crippen molar-refractivity contribution in [1.29, 1.82) is 0 Å². The maximum atomic E-state index is 5.28. The fourth-order valence-corrected chi connectivity index (χ4v) is 0.532. The van der Waals surface area contributed by atoms with Crippen molar-refractivity contribution in [3.63, 3.8) is 0 Å². The van der Waals surface area contributed by atoms with E-state index in [4.69, 9.17) is 5.73 Å². The van der Waals surface area contributed by atoms with Crippen LogP contribution < -0.4 is 11.1 Å². The normalized spacial score (nSPS) is 8.56. The zero-order chi connectivity index (χ0) is 7.11. The summed E-state index contributed by atoms with van der Waals surface area (Å²) in [7, 11) is 0. The van der Waals surface area contributed by atoms with E-state index in [1.165, 1.54) is 0 Å². The fraction of sp³-hybridized carbons (Fsp3) is 0.429. The Morgan fingerprint density at radius 1 is 1.67 bits per heavy atom. The molecule has 0 radical (unpaired) electrons. The predicted molar refractivity (Wildman–Crippen MR) is 40.8 cm³/mol. The van der Waals surface area contributed by atoms with Gasteiger partial charge in [0, 0.05) is 5.70 Å². The molecule has 2 heteroatoms. The van der Waals surface area contributed by atoms with Gasteiger partial charge in [-0.25, -0.2) is 0 Å². The van der Waals surface area contributed by atoms with Crippen LogP contribution in [0.15, 0.2) is 25.1 Å². The van der Waals surface area contributed by atoms with Gasteiger partial charge in [0.2, 0.25) is 0 Å². The van der Waals surface area contributed by atoms with E-state index in [9.17, 15) is 0 Å². The van der Waals surface area contributed by atoms with Crippen LogP contribution in [0.5, 0.6) is 0 Å². The van der Waals surface area contributed by atoms with Crippen LogP contribution in [-0.2, 0) is 0 Å². The van der Waals surface area contributed by atoms with E-state index in [1.54, 1.807) is 6.20 Å². The molecule has 0 atom stereocenters. The average molecular weight is 126 g/mol. The van der Waals surface area contributed by atoms with E-state index in [2.05, 4.69) is 18.5 Å². The molecule has 0 saturated heterocycles. The van der Waals surface area contributed by atoms with Crippen LogP contribution in [0.1, 0.15) is 12.8 Å². The van der Waals surface area contributed by atoms with E-state index in [0.29, 0.717) is 0 Å². The average Bonchev–Trinajstić information content (AvgIpc) is 1.85. The molecular formula is C7H14N2. The summed E-state index contributed by atoms with van der Waals surface area (Å²) in [6.07, 6.45) is 3.54. The van der Waals surface area contributed by atoms with Gasteiger partial charge in [-0.1, -0.05) is 13.2 Å². The lowest BCUT2D eigenvalue weighted by molar-refractivity contribution is 0.788. The Balaban J connectivity index is 3.16. The third kappa shape index (κ3) is 5.11. The number of hydrogen-bond acceptors (Lipinski definition) is 2. The third-order valence-electron chi connectivity index (χ3n) is 0.989. The molecule has 3 N–H and O–H groups in total. The second kappa shape index (κ2) is 5.38. The lowest BCUT2D eigenvalue weighted by atomic mass is 10.2. The van der Waals surface area contributed by atoms with Crippen LogP contribution in [0.4, 0.5) is 0 Å². The molecule has 0 spiro atoms. The molecule has 0 aromatic carbocycles. The number of allylic oxidation sites excluding steroid dienone is 1. The molecule has 0 bridgehead atoms. The van der Waals surface area contributed by atoms with Crippen LogP contribution in [-0.4, -0.2) is 6.54 Å².